The molecule has 0 atom stereocenters. The number of piperidine rings is 1. The normalized spacial score (nSPS) is 15.0. The van der Waals surface area contributed by atoms with Gasteiger partial charge in [-0.05, 0) is 62.8 Å². The molecular formula is C28H29N5O3. The summed E-state index contributed by atoms with van der Waals surface area (Å²) in [6.45, 7) is 3.62. The van der Waals surface area contributed by atoms with Crippen molar-refractivity contribution < 1.29 is 14.2 Å². The number of rotatable bonds is 3. The maximum atomic E-state index is 9.12. The average Bonchev–Trinajstić information content (AvgIpc) is 3.43. The highest BCUT2D eigenvalue weighted by Gasteiger charge is 2.20. The average molecular weight is 484 g/mol. The number of hydrogen-bond donors (Lipinski definition) is 0. The Labute approximate surface area is 210 Å². The minimum absolute atomic E-state index is 0.490. The van der Waals surface area contributed by atoms with E-state index < -0.39 is 0 Å². The maximum absolute atomic E-state index is 9.12. The van der Waals surface area contributed by atoms with E-state index in [1.165, 1.54) is 32.4 Å². The van der Waals surface area contributed by atoms with Crippen LogP contribution >= 0.6 is 0 Å². The van der Waals surface area contributed by atoms with E-state index in [1.807, 2.05) is 28.7 Å². The quantitative estimate of drug-likeness (QED) is 0.413. The van der Waals surface area contributed by atoms with Gasteiger partial charge in [0.15, 0.2) is 5.75 Å². The number of nitriles is 1. The summed E-state index contributed by atoms with van der Waals surface area (Å²) >= 11 is 0. The van der Waals surface area contributed by atoms with Crippen molar-refractivity contribution in [3.63, 3.8) is 0 Å². The van der Waals surface area contributed by atoms with Gasteiger partial charge < -0.3 is 19.1 Å². The van der Waals surface area contributed by atoms with Gasteiger partial charge in [-0.1, -0.05) is 18.6 Å². The van der Waals surface area contributed by atoms with Gasteiger partial charge in [0.2, 0.25) is 0 Å². The molecule has 2 aliphatic heterocycles. The monoisotopic (exact) mass is 483 g/mol. The highest BCUT2D eigenvalue weighted by molar-refractivity contribution is 5.86. The van der Waals surface area contributed by atoms with Gasteiger partial charge in [-0.3, -0.25) is 4.40 Å². The molecule has 1 aromatic carbocycles. The Hall–Kier alpha value is -4.09. The number of likely N-dealkylation sites (tertiary alicyclic amines) is 1. The molecule has 1 saturated heterocycles. The van der Waals surface area contributed by atoms with Crippen molar-refractivity contribution in [3.05, 3.63) is 60.7 Å². The van der Waals surface area contributed by atoms with Gasteiger partial charge in [0.1, 0.15) is 24.5 Å². The molecule has 0 unspecified atom stereocenters. The van der Waals surface area contributed by atoms with Crippen molar-refractivity contribution in [2.75, 3.05) is 40.5 Å². The molecule has 0 saturated carbocycles. The lowest BCUT2D eigenvalue weighted by molar-refractivity contribution is 0.164. The number of ether oxygens (including phenoxy) is 3. The van der Waals surface area contributed by atoms with Crippen molar-refractivity contribution in [3.8, 4) is 45.8 Å². The number of aromatic nitrogens is 3. The number of fused-ring (bicyclic) bond motifs is 2. The fraction of sp³-hybridized carbons (Fsp3) is 0.321. The first-order valence-electron chi connectivity index (χ1n) is 12.2. The molecule has 36 heavy (non-hydrogen) atoms. The van der Waals surface area contributed by atoms with Crippen molar-refractivity contribution in [1.29, 1.82) is 5.26 Å². The van der Waals surface area contributed by atoms with Gasteiger partial charge in [-0.25, -0.2) is 9.97 Å². The molecule has 6 rings (SSSR count). The summed E-state index contributed by atoms with van der Waals surface area (Å²) in [5, 5.41) is 9.12. The first-order valence-corrected chi connectivity index (χ1v) is 12.2. The Morgan fingerprint density at radius 3 is 2.44 bits per heavy atom. The first kappa shape index (κ1) is 23.6. The Balaban J connectivity index is 0.000000330. The Morgan fingerprint density at radius 2 is 1.75 bits per heavy atom. The van der Waals surface area contributed by atoms with E-state index in [2.05, 4.69) is 28.0 Å². The fourth-order valence-electron chi connectivity index (χ4n) is 4.58. The van der Waals surface area contributed by atoms with Crippen LogP contribution in [0.2, 0.25) is 0 Å². The van der Waals surface area contributed by atoms with Crippen LogP contribution in [0.5, 0.6) is 17.4 Å². The van der Waals surface area contributed by atoms with Crippen LogP contribution in [0.3, 0.4) is 0 Å². The second-order valence-corrected chi connectivity index (χ2v) is 8.90. The number of hydrogen-bond acceptors (Lipinski definition) is 7. The minimum Gasteiger partial charge on any atom is -0.494 e. The fourth-order valence-corrected chi connectivity index (χ4v) is 4.58. The Morgan fingerprint density at radius 1 is 0.972 bits per heavy atom. The minimum atomic E-state index is 0.490. The smallest absolute Gasteiger partial charge is 0.257 e. The predicted molar refractivity (Wildman–Crippen MR) is 137 cm³/mol. The summed E-state index contributed by atoms with van der Waals surface area (Å²) in [5.41, 5.74) is 5.08. The number of imidazole rings is 1. The second kappa shape index (κ2) is 10.7. The van der Waals surface area contributed by atoms with E-state index in [9.17, 15) is 0 Å². The number of benzene rings is 1. The largest absolute Gasteiger partial charge is 0.494 e. The summed E-state index contributed by atoms with van der Waals surface area (Å²) in [4.78, 5) is 11.1. The van der Waals surface area contributed by atoms with Crippen LogP contribution in [-0.2, 0) is 0 Å². The van der Waals surface area contributed by atoms with Gasteiger partial charge in [0.05, 0.1) is 37.0 Å². The van der Waals surface area contributed by atoms with Crippen molar-refractivity contribution in [2.24, 2.45) is 0 Å². The second-order valence-electron chi connectivity index (χ2n) is 8.90. The zero-order valence-corrected chi connectivity index (χ0v) is 20.6. The third kappa shape index (κ3) is 4.83. The molecule has 0 spiro atoms. The lowest BCUT2D eigenvalue weighted by atomic mass is 9.98. The van der Waals surface area contributed by atoms with Gasteiger partial charge >= 0.3 is 0 Å². The van der Waals surface area contributed by atoms with Crippen LogP contribution in [0.4, 0.5) is 0 Å². The summed E-state index contributed by atoms with van der Waals surface area (Å²) in [6.07, 6.45) is 9.55. The van der Waals surface area contributed by atoms with Gasteiger partial charge in [-0.15, -0.1) is 0 Å². The summed E-state index contributed by atoms with van der Waals surface area (Å²) in [7, 11) is 3.83. The van der Waals surface area contributed by atoms with Crippen LogP contribution in [0.25, 0.3) is 27.9 Å². The van der Waals surface area contributed by atoms with Gasteiger partial charge in [-0.2, -0.15) is 5.26 Å². The summed E-state index contributed by atoms with van der Waals surface area (Å²) < 4.78 is 18.9. The molecule has 0 bridgehead atoms. The van der Waals surface area contributed by atoms with Gasteiger partial charge in [0, 0.05) is 17.3 Å². The molecule has 4 aromatic rings. The third-order valence-electron chi connectivity index (χ3n) is 6.46. The van der Waals surface area contributed by atoms with E-state index in [-0.39, 0.29) is 0 Å². The third-order valence-corrected chi connectivity index (χ3v) is 6.46. The highest BCUT2D eigenvalue weighted by atomic mass is 16.6. The molecule has 1 fully saturated rings. The standard InChI is InChI=1S/C22H16N4O3.C6H13N/c1-27-19-9-17(15-4-2-14(10-23)3-5-15)21(26-13-24-12-18(19)26)16-8-20-22(25-11-16)29-7-6-28-20;1-7-5-3-2-4-6-7/h2-5,8-9,11-13H,6-7H2,1H3;2-6H2,1H3. The summed E-state index contributed by atoms with van der Waals surface area (Å²) in [6, 6.07) is 13.5. The van der Waals surface area contributed by atoms with Crippen molar-refractivity contribution >= 4 is 5.52 Å². The van der Waals surface area contributed by atoms with Gasteiger partial charge in [0.25, 0.3) is 5.88 Å². The SMILES string of the molecule is CN1CCCCC1.COc1cc(-c2ccc(C#N)cc2)c(-c2cnc3c(c2)OCCO3)n2cncc12. The zero-order valence-electron chi connectivity index (χ0n) is 20.6. The zero-order chi connectivity index (χ0) is 24.9. The van der Waals surface area contributed by atoms with Crippen LogP contribution in [-0.4, -0.2) is 59.7 Å². The highest BCUT2D eigenvalue weighted by Crippen LogP contribution is 2.40. The number of pyridine rings is 2. The van der Waals surface area contributed by atoms with Crippen LogP contribution in [0.15, 0.2) is 55.1 Å². The lowest BCUT2D eigenvalue weighted by Crippen LogP contribution is -2.24. The van der Waals surface area contributed by atoms with E-state index in [1.54, 1.807) is 38.0 Å². The maximum Gasteiger partial charge on any atom is 0.257 e. The molecule has 3 aromatic heterocycles. The van der Waals surface area contributed by atoms with Crippen molar-refractivity contribution in [2.45, 2.75) is 19.3 Å². The Bertz CT molecular complexity index is 1390. The number of methoxy groups -OCH3 is 1. The van der Waals surface area contributed by atoms with Crippen LogP contribution < -0.4 is 14.2 Å². The predicted octanol–water partition coefficient (Wildman–Crippen LogP) is 4.82. The molecule has 0 aliphatic carbocycles. The molecule has 0 radical (unpaired) electrons. The topological polar surface area (TPSA) is 84.9 Å². The summed E-state index contributed by atoms with van der Waals surface area (Å²) in [5.74, 6) is 1.81. The van der Waals surface area contributed by atoms with Crippen molar-refractivity contribution in [1.82, 2.24) is 19.3 Å². The molecule has 184 valence electrons. The van der Waals surface area contributed by atoms with E-state index in [0.29, 0.717) is 36.2 Å². The molecular weight excluding hydrogens is 454 g/mol. The van der Waals surface area contributed by atoms with E-state index >= 15 is 0 Å². The number of nitrogens with zero attached hydrogens (tertiary/aromatic N) is 5. The lowest BCUT2D eigenvalue weighted by Gasteiger charge is -2.20. The Kier molecular flexibility index (Phi) is 7.01. The van der Waals surface area contributed by atoms with E-state index in [0.717, 1.165) is 27.9 Å². The molecule has 0 N–H and O–H groups in total. The molecule has 0 amide bonds. The molecule has 8 heteroatoms. The van der Waals surface area contributed by atoms with Crippen LogP contribution in [0, 0.1) is 11.3 Å². The van der Waals surface area contributed by atoms with E-state index in [4.69, 9.17) is 19.5 Å². The molecule has 5 heterocycles. The molecule has 2 aliphatic rings. The molecule has 8 nitrogen and oxygen atoms in total. The first-order chi connectivity index (χ1) is 17.7. The van der Waals surface area contributed by atoms with Crippen LogP contribution in [0.1, 0.15) is 24.8 Å².